The number of nitrogens with zero attached hydrogens (tertiary/aromatic N) is 2. The lowest BCUT2D eigenvalue weighted by Gasteiger charge is -2.19. The summed E-state index contributed by atoms with van der Waals surface area (Å²) < 4.78 is 0. The van der Waals surface area contributed by atoms with Gasteiger partial charge in [-0.3, -0.25) is 9.88 Å². The van der Waals surface area contributed by atoms with Crippen LogP contribution in [0.15, 0.2) is 18.3 Å². The molecule has 1 rings (SSSR count). The highest BCUT2D eigenvalue weighted by Crippen LogP contribution is 2.02. The molecule has 1 aromatic rings. The summed E-state index contributed by atoms with van der Waals surface area (Å²) in [4.78, 5) is 6.68. The van der Waals surface area contributed by atoms with Gasteiger partial charge in [-0.1, -0.05) is 26.8 Å². The highest BCUT2D eigenvalue weighted by molar-refractivity contribution is 5.11. The molecule has 0 spiro atoms. The van der Waals surface area contributed by atoms with Crippen molar-refractivity contribution in [1.82, 2.24) is 15.2 Å². The lowest BCUT2D eigenvalue weighted by atomic mass is 10.2. The van der Waals surface area contributed by atoms with Gasteiger partial charge in [-0.2, -0.15) is 0 Å². The fourth-order valence-corrected chi connectivity index (χ4v) is 1.32. The van der Waals surface area contributed by atoms with Crippen LogP contribution in [0, 0.1) is 6.92 Å². The van der Waals surface area contributed by atoms with Gasteiger partial charge in [-0.25, -0.2) is 0 Å². The first-order valence-corrected chi connectivity index (χ1v) is 6.04. The van der Waals surface area contributed by atoms with E-state index in [2.05, 4.69) is 41.2 Å². The molecule has 0 aliphatic carbocycles. The average molecular weight is 223 g/mol. The molecule has 0 fully saturated rings. The third kappa shape index (κ3) is 5.83. The smallest absolute Gasteiger partial charge is 0.0544 e. The van der Waals surface area contributed by atoms with Crippen molar-refractivity contribution >= 4 is 0 Å². The van der Waals surface area contributed by atoms with Crippen LogP contribution in [0.5, 0.6) is 0 Å². The Balaban J connectivity index is 0.00000106. The minimum atomic E-state index is 0.909. The second-order valence-corrected chi connectivity index (χ2v) is 3.48. The molecule has 0 bridgehead atoms. The van der Waals surface area contributed by atoms with Crippen LogP contribution in [-0.4, -0.2) is 30.1 Å². The topological polar surface area (TPSA) is 28.2 Å². The molecule has 0 aromatic carbocycles. The summed E-state index contributed by atoms with van der Waals surface area (Å²) in [6.45, 7) is 11.1. The van der Waals surface area contributed by atoms with E-state index in [1.807, 2.05) is 27.1 Å². The van der Waals surface area contributed by atoms with E-state index in [4.69, 9.17) is 0 Å². The first-order valence-electron chi connectivity index (χ1n) is 6.04. The van der Waals surface area contributed by atoms with Crippen molar-refractivity contribution in [3.8, 4) is 0 Å². The second kappa shape index (κ2) is 9.31. The number of pyridine rings is 1. The van der Waals surface area contributed by atoms with E-state index in [0.29, 0.717) is 0 Å². The molecule has 0 saturated heterocycles. The number of hydrogen-bond acceptors (Lipinski definition) is 3. The molecule has 16 heavy (non-hydrogen) atoms. The van der Waals surface area contributed by atoms with Crippen LogP contribution in [0.4, 0.5) is 0 Å². The molecule has 0 aliphatic heterocycles. The summed E-state index contributed by atoms with van der Waals surface area (Å²) in [5.74, 6) is 0. The van der Waals surface area contributed by atoms with Crippen molar-refractivity contribution in [2.75, 3.05) is 20.3 Å². The Kier molecular flexibility index (Phi) is 8.77. The quantitative estimate of drug-likeness (QED) is 0.777. The van der Waals surface area contributed by atoms with Gasteiger partial charge in [0.05, 0.1) is 5.69 Å². The standard InChI is InChI=1S/C11H19N3.C2H6/c1-4-14(9-12-3)8-11-6-5-10(2)7-13-11;1-2/h5-7,12H,4,8-9H2,1-3H3;1-2H3. The summed E-state index contributed by atoms with van der Waals surface area (Å²) in [7, 11) is 1.96. The number of aromatic nitrogens is 1. The molecule has 0 aliphatic rings. The third-order valence-electron chi connectivity index (χ3n) is 2.19. The zero-order chi connectivity index (χ0) is 12.4. The zero-order valence-electron chi connectivity index (χ0n) is 11.2. The molecule has 0 amide bonds. The maximum absolute atomic E-state index is 4.38. The number of rotatable bonds is 5. The summed E-state index contributed by atoms with van der Waals surface area (Å²) in [5.41, 5.74) is 2.35. The molecule has 0 atom stereocenters. The molecule has 92 valence electrons. The van der Waals surface area contributed by atoms with Crippen molar-refractivity contribution in [1.29, 1.82) is 0 Å². The van der Waals surface area contributed by atoms with Crippen LogP contribution < -0.4 is 5.32 Å². The highest BCUT2D eigenvalue weighted by Gasteiger charge is 2.02. The van der Waals surface area contributed by atoms with Crippen molar-refractivity contribution < 1.29 is 0 Å². The fourth-order valence-electron chi connectivity index (χ4n) is 1.32. The second-order valence-electron chi connectivity index (χ2n) is 3.48. The van der Waals surface area contributed by atoms with E-state index in [0.717, 1.165) is 25.5 Å². The van der Waals surface area contributed by atoms with Crippen LogP contribution in [0.1, 0.15) is 32.0 Å². The maximum Gasteiger partial charge on any atom is 0.0544 e. The summed E-state index contributed by atoms with van der Waals surface area (Å²) in [5, 5.41) is 3.15. The minimum Gasteiger partial charge on any atom is -0.307 e. The molecule has 0 saturated carbocycles. The van der Waals surface area contributed by atoms with E-state index in [1.165, 1.54) is 5.56 Å². The van der Waals surface area contributed by atoms with Crippen LogP contribution in [0.3, 0.4) is 0 Å². The molecule has 1 aromatic heterocycles. The monoisotopic (exact) mass is 223 g/mol. The Bertz CT molecular complexity index is 256. The van der Waals surface area contributed by atoms with Gasteiger partial charge in [0.1, 0.15) is 0 Å². The molecule has 0 unspecified atom stereocenters. The van der Waals surface area contributed by atoms with Crippen LogP contribution in [-0.2, 0) is 6.54 Å². The van der Waals surface area contributed by atoms with E-state index in [-0.39, 0.29) is 0 Å². The Morgan fingerprint density at radius 2 is 2.00 bits per heavy atom. The molecule has 3 heteroatoms. The van der Waals surface area contributed by atoms with Crippen molar-refractivity contribution in [2.24, 2.45) is 0 Å². The van der Waals surface area contributed by atoms with Crippen molar-refractivity contribution in [3.05, 3.63) is 29.6 Å². The largest absolute Gasteiger partial charge is 0.307 e. The van der Waals surface area contributed by atoms with Crippen LogP contribution in [0.2, 0.25) is 0 Å². The SMILES string of the molecule is CC.CCN(CNC)Cc1ccc(C)cn1. The van der Waals surface area contributed by atoms with Gasteiger partial charge in [0.25, 0.3) is 0 Å². The van der Waals surface area contributed by atoms with Gasteiger partial charge in [0.2, 0.25) is 0 Å². The van der Waals surface area contributed by atoms with Crippen LogP contribution in [0.25, 0.3) is 0 Å². The summed E-state index contributed by atoms with van der Waals surface area (Å²) in [6, 6.07) is 4.20. The summed E-state index contributed by atoms with van der Waals surface area (Å²) >= 11 is 0. The third-order valence-corrected chi connectivity index (χ3v) is 2.19. The van der Waals surface area contributed by atoms with Crippen LogP contribution >= 0.6 is 0 Å². The number of hydrogen-bond donors (Lipinski definition) is 1. The van der Waals surface area contributed by atoms with E-state index < -0.39 is 0 Å². The number of aryl methyl sites for hydroxylation is 1. The Morgan fingerprint density at radius 1 is 1.31 bits per heavy atom. The van der Waals surface area contributed by atoms with Gasteiger partial charge in [0.15, 0.2) is 0 Å². The lowest BCUT2D eigenvalue weighted by Crippen LogP contribution is -2.31. The van der Waals surface area contributed by atoms with Gasteiger partial charge in [-0.15, -0.1) is 0 Å². The van der Waals surface area contributed by atoms with E-state index in [1.54, 1.807) is 0 Å². The predicted octanol–water partition coefficient (Wildman–Crippen LogP) is 2.42. The van der Waals surface area contributed by atoms with Crippen molar-refractivity contribution in [3.63, 3.8) is 0 Å². The normalized spacial score (nSPS) is 9.88. The Labute approximate surface area is 99.9 Å². The van der Waals surface area contributed by atoms with Crippen molar-refractivity contribution in [2.45, 2.75) is 34.2 Å². The number of nitrogens with one attached hydrogen (secondary N) is 1. The molecule has 1 heterocycles. The molecule has 1 N–H and O–H groups in total. The molecule has 3 nitrogen and oxygen atoms in total. The van der Waals surface area contributed by atoms with Gasteiger partial charge in [-0.05, 0) is 32.1 Å². The van der Waals surface area contributed by atoms with E-state index in [9.17, 15) is 0 Å². The Morgan fingerprint density at radius 3 is 2.44 bits per heavy atom. The lowest BCUT2D eigenvalue weighted by molar-refractivity contribution is 0.262. The molecular weight excluding hydrogens is 198 g/mol. The fraction of sp³-hybridized carbons (Fsp3) is 0.615. The first kappa shape index (κ1) is 15.1. The molecular formula is C13H25N3. The summed E-state index contributed by atoms with van der Waals surface area (Å²) in [6.07, 6.45) is 1.92. The average Bonchev–Trinajstić information content (AvgIpc) is 2.34. The molecule has 0 radical (unpaired) electrons. The van der Waals surface area contributed by atoms with E-state index >= 15 is 0 Å². The van der Waals surface area contributed by atoms with Gasteiger partial charge >= 0.3 is 0 Å². The van der Waals surface area contributed by atoms with Gasteiger partial charge in [0, 0.05) is 19.4 Å². The first-order chi connectivity index (χ1) is 7.76. The predicted molar refractivity (Wildman–Crippen MR) is 70.3 cm³/mol. The van der Waals surface area contributed by atoms with Gasteiger partial charge < -0.3 is 5.32 Å². The minimum absolute atomic E-state index is 0.909. The zero-order valence-corrected chi connectivity index (χ0v) is 11.2. The highest BCUT2D eigenvalue weighted by atomic mass is 15.2. The maximum atomic E-state index is 4.38. The Hall–Kier alpha value is -0.930.